The van der Waals surface area contributed by atoms with Gasteiger partial charge in [0.15, 0.2) is 5.82 Å². The summed E-state index contributed by atoms with van der Waals surface area (Å²) < 4.78 is 38.6. The van der Waals surface area contributed by atoms with Crippen LogP contribution in [0.4, 0.5) is 24.7 Å². The molecule has 1 saturated heterocycles. The molecule has 2 fully saturated rings. The molecule has 1 aromatic carbocycles. The zero-order valence-corrected chi connectivity index (χ0v) is 19.0. The number of H-pyrrole nitrogens is 1. The van der Waals surface area contributed by atoms with Crippen LogP contribution in [0.15, 0.2) is 43.0 Å². The second kappa shape index (κ2) is 7.93. The molecule has 1 aliphatic heterocycles. The fraction of sp³-hybridized carbons (Fsp3) is 0.391. The fourth-order valence-electron chi connectivity index (χ4n) is 5.27. The van der Waals surface area contributed by atoms with Crippen LogP contribution in [-0.4, -0.2) is 50.5 Å². The molecule has 1 spiro atoms. The Hall–Kier alpha value is -3.21. The Morgan fingerprint density at radius 3 is 2.68 bits per heavy atom. The number of benzene rings is 1. The summed E-state index contributed by atoms with van der Waals surface area (Å²) in [5, 5.41) is 11.1. The Bertz CT molecular complexity index is 1290. The molecule has 1 saturated carbocycles. The van der Waals surface area contributed by atoms with E-state index in [1.807, 2.05) is 12.1 Å². The van der Waals surface area contributed by atoms with Crippen molar-refractivity contribution in [2.45, 2.75) is 37.9 Å². The molecule has 176 valence electrons. The summed E-state index contributed by atoms with van der Waals surface area (Å²) in [7, 11) is 0. The highest BCUT2D eigenvalue weighted by Gasteiger charge is 2.49. The minimum Gasteiger partial charge on any atom is -0.382 e. The molecule has 0 atom stereocenters. The van der Waals surface area contributed by atoms with Crippen LogP contribution in [0.1, 0.15) is 24.1 Å². The van der Waals surface area contributed by atoms with Gasteiger partial charge in [0.1, 0.15) is 23.3 Å². The molecule has 0 unspecified atom stereocenters. The summed E-state index contributed by atoms with van der Waals surface area (Å²) in [6, 6.07) is 10.2. The van der Waals surface area contributed by atoms with E-state index in [0.717, 1.165) is 72.0 Å². The predicted octanol–water partition coefficient (Wildman–Crippen LogP) is 5.05. The lowest BCUT2D eigenvalue weighted by molar-refractivity contribution is -0.126. The highest BCUT2D eigenvalue weighted by molar-refractivity contribution is 7.18. The van der Waals surface area contributed by atoms with Crippen LogP contribution in [0.25, 0.3) is 21.6 Å². The van der Waals surface area contributed by atoms with E-state index in [4.69, 9.17) is 0 Å². The summed E-state index contributed by atoms with van der Waals surface area (Å²) in [6.45, 7) is 1.72. The molecule has 0 radical (unpaired) electrons. The Labute approximate surface area is 197 Å². The van der Waals surface area contributed by atoms with Gasteiger partial charge in [0.25, 0.3) is 0 Å². The lowest BCUT2D eigenvalue weighted by Crippen LogP contribution is -2.46. The molecule has 2 N–H and O–H groups in total. The van der Waals surface area contributed by atoms with Gasteiger partial charge in [-0.1, -0.05) is 0 Å². The first-order valence-electron chi connectivity index (χ1n) is 11.1. The minimum absolute atomic E-state index is 0.222. The van der Waals surface area contributed by atoms with Gasteiger partial charge in [0.2, 0.25) is 0 Å². The van der Waals surface area contributed by atoms with Crippen molar-refractivity contribution in [2.75, 3.05) is 23.3 Å². The number of nitrogens with one attached hydrogen (secondary N) is 2. The highest BCUT2D eigenvalue weighted by atomic mass is 32.1. The summed E-state index contributed by atoms with van der Waals surface area (Å²) in [6.07, 6.45) is 0.979. The maximum atomic E-state index is 12.9. The molecular weight excluding hydrogens is 463 g/mol. The van der Waals surface area contributed by atoms with E-state index in [-0.39, 0.29) is 10.3 Å². The first-order chi connectivity index (χ1) is 16.4. The van der Waals surface area contributed by atoms with Crippen LogP contribution >= 0.6 is 11.3 Å². The predicted molar refractivity (Wildman–Crippen MR) is 125 cm³/mol. The summed E-state index contributed by atoms with van der Waals surface area (Å²) >= 11 is 1.10. The minimum atomic E-state index is -4.23. The molecule has 0 bridgehead atoms. The van der Waals surface area contributed by atoms with E-state index in [1.165, 1.54) is 12.7 Å². The first kappa shape index (κ1) is 21.3. The van der Waals surface area contributed by atoms with E-state index in [2.05, 4.69) is 47.5 Å². The highest BCUT2D eigenvalue weighted by Crippen LogP contribution is 2.50. The summed E-state index contributed by atoms with van der Waals surface area (Å²) in [5.74, 6) is 1.50. The van der Waals surface area contributed by atoms with Gasteiger partial charge in [-0.15, -0.1) is 11.3 Å². The SMILES string of the molecule is FC(F)(F)Cc1cc2c(N3CCC4(CC(Nc5ccc(-c6ncn[nH]6)cc5)C4)C3)ncnc2s1. The van der Waals surface area contributed by atoms with E-state index >= 15 is 0 Å². The number of hydrogen-bond donors (Lipinski definition) is 2. The Balaban J connectivity index is 1.10. The third-order valence-corrected chi connectivity index (χ3v) is 7.82. The van der Waals surface area contributed by atoms with Gasteiger partial charge in [0, 0.05) is 35.3 Å². The number of hydrogen-bond acceptors (Lipinski definition) is 7. The van der Waals surface area contributed by atoms with Gasteiger partial charge >= 0.3 is 6.18 Å². The average molecular weight is 486 g/mol. The topological polar surface area (TPSA) is 82.6 Å². The normalized spacial score (nSPS) is 22.4. The molecule has 34 heavy (non-hydrogen) atoms. The Morgan fingerprint density at radius 2 is 1.94 bits per heavy atom. The fourth-order valence-corrected chi connectivity index (χ4v) is 6.29. The van der Waals surface area contributed by atoms with Crippen molar-refractivity contribution in [3.8, 4) is 11.4 Å². The molecule has 4 heterocycles. The molecule has 6 rings (SSSR count). The second-order valence-electron chi connectivity index (χ2n) is 9.25. The molecular formula is C23H22F3N7S. The van der Waals surface area contributed by atoms with Crippen LogP contribution in [0.2, 0.25) is 0 Å². The molecule has 7 nitrogen and oxygen atoms in total. The number of thiophene rings is 1. The number of nitrogens with zero attached hydrogens (tertiary/aromatic N) is 5. The summed E-state index contributed by atoms with van der Waals surface area (Å²) in [5.41, 5.74) is 2.29. The number of aromatic amines is 1. The van der Waals surface area contributed by atoms with Crippen molar-refractivity contribution in [1.82, 2.24) is 25.1 Å². The largest absolute Gasteiger partial charge is 0.393 e. The van der Waals surface area contributed by atoms with E-state index in [9.17, 15) is 13.2 Å². The number of alkyl halides is 3. The second-order valence-corrected chi connectivity index (χ2v) is 10.4. The van der Waals surface area contributed by atoms with Crippen molar-refractivity contribution in [3.63, 3.8) is 0 Å². The van der Waals surface area contributed by atoms with Gasteiger partial charge in [-0.05, 0) is 55.0 Å². The number of fused-ring (bicyclic) bond motifs is 1. The zero-order valence-electron chi connectivity index (χ0n) is 18.1. The van der Waals surface area contributed by atoms with E-state index in [1.54, 1.807) is 6.07 Å². The molecule has 11 heteroatoms. The Kier molecular flexibility index (Phi) is 4.98. The third-order valence-electron chi connectivity index (χ3n) is 6.77. The Morgan fingerprint density at radius 1 is 1.12 bits per heavy atom. The molecule has 3 aromatic heterocycles. The molecule has 4 aromatic rings. The molecule has 0 amide bonds. The van der Waals surface area contributed by atoms with E-state index in [0.29, 0.717) is 10.9 Å². The monoisotopic (exact) mass is 485 g/mol. The van der Waals surface area contributed by atoms with E-state index < -0.39 is 12.6 Å². The number of halogens is 3. The van der Waals surface area contributed by atoms with Crippen LogP contribution in [-0.2, 0) is 6.42 Å². The van der Waals surface area contributed by atoms with Crippen molar-refractivity contribution in [1.29, 1.82) is 0 Å². The number of anilines is 2. The van der Waals surface area contributed by atoms with Crippen molar-refractivity contribution >= 4 is 33.1 Å². The lowest BCUT2D eigenvalue weighted by atomic mass is 9.65. The van der Waals surface area contributed by atoms with Crippen molar-refractivity contribution in [3.05, 3.63) is 47.9 Å². The van der Waals surface area contributed by atoms with Crippen LogP contribution in [0.5, 0.6) is 0 Å². The van der Waals surface area contributed by atoms with Gasteiger partial charge in [0.05, 0.1) is 11.8 Å². The average Bonchev–Trinajstić information content (AvgIpc) is 3.52. The number of rotatable bonds is 5. The maximum absolute atomic E-state index is 12.9. The van der Waals surface area contributed by atoms with Gasteiger partial charge < -0.3 is 10.2 Å². The van der Waals surface area contributed by atoms with Crippen LogP contribution in [0, 0.1) is 5.41 Å². The van der Waals surface area contributed by atoms with Gasteiger partial charge in [-0.25, -0.2) is 15.0 Å². The van der Waals surface area contributed by atoms with Crippen molar-refractivity contribution < 1.29 is 13.2 Å². The standard InChI is InChI=1S/C23H22F3N7S/c24-23(25,26)10-17-7-18-20(28-12-29-21(18)34-17)33-6-5-22(11-33)8-16(9-22)31-15-3-1-14(2-4-15)19-27-13-30-32-19/h1-4,7,12-13,16,31H,5-6,8-11H2,(H,27,30,32). The third kappa shape index (κ3) is 4.08. The van der Waals surface area contributed by atoms with Gasteiger partial charge in [-0.2, -0.15) is 18.3 Å². The van der Waals surface area contributed by atoms with Gasteiger partial charge in [-0.3, -0.25) is 5.10 Å². The summed E-state index contributed by atoms with van der Waals surface area (Å²) in [4.78, 5) is 15.9. The molecule has 2 aliphatic rings. The van der Waals surface area contributed by atoms with Crippen molar-refractivity contribution in [2.24, 2.45) is 5.41 Å². The first-order valence-corrected chi connectivity index (χ1v) is 12.0. The van der Waals surface area contributed by atoms with Crippen LogP contribution in [0.3, 0.4) is 0 Å². The zero-order chi connectivity index (χ0) is 23.3. The number of aromatic nitrogens is 5. The molecule has 1 aliphatic carbocycles. The lowest BCUT2D eigenvalue weighted by Gasteiger charge is -2.46. The van der Waals surface area contributed by atoms with Crippen LogP contribution < -0.4 is 10.2 Å². The quantitative estimate of drug-likeness (QED) is 0.412. The maximum Gasteiger partial charge on any atom is 0.393 e. The smallest absolute Gasteiger partial charge is 0.382 e.